The minimum atomic E-state index is -0.502. The normalized spacial score (nSPS) is 13.9. The molecule has 0 saturated heterocycles. The van der Waals surface area contributed by atoms with Crippen LogP contribution < -0.4 is 10.3 Å². The summed E-state index contributed by atoms with van der Waals surface area (Å²) in [6.07, 6.45) is 3.88. The largest absolute Gasteiger partial charge is 0.488 e. The fraction of sp³-hybridized carbons (Fsp3) is 0.440. The van der Waals surface area contributed by atoms with E-state index in [0.29, 0.717) is 37.3 Å². The lowest BCUT2D eigenvalue weighted by molar-refractivity contribution is 0.0592. The number of ether oxygens (including phenoxy) is 2. The number of pyridine rings is 2. The molecule has 9 nitrogen and oxygen atoms in total. The monoisotopic (exact) mass is 465 g/mol. The molecule has 1 aliphatic rings. The highest BCUT2D eigenvalue weighted by Crippen LogP contribution is 2.26. The van der Waals surface area contributed by atoms with Gasteiger partial charge in [-0.15, -0.1) is 0 Å². The van der Waals surface area contributed by atoms with E-state index in [4.69, 9.17) is 9.47 Å². The standard InChI is InChI=1S/C25H31N5O4/c1-5-30-18(3)20(17(2)27-30)15-28-11-8-21-24(25(32)33-4)22(14-23(31)29(21)13-12-28)34-16-19-6-9-26-10-7-19/h6-7,9-10,14H,5,8,11-13,15-16H2,1-4H3. The van der Waals surface area contributed by atoms with Crippen LogP contribution in [0.25, 0.3) is 0 Å². The van der Waals surface area contributed by atoms with Crippen molar-refractivity contribution in [3.63, 3.8) is 0 Å². The van der Waals surface area contributed by atoms with Crippen molar-refractivity contribution < 1.29 is 14.3 Å². The Morgan fingerprint density at radius 2 is 1.91 bits per heavy atom. The molecule has 4 rings (SSSR count). The Labute approximate surface area is 198 Å². The van der Waals surface area contributed by atoms with Crippen LogP contribution in [0.2, 0.25) is 0 Å². The molecule has 0 aliphatic carbocycles. The van der Waals surface area contributed by atoms with E-state index >= 15 is 0 Å². The average Bonchev–Trinajstić information content (AvgIpc) is 2.99. The lowest BCUT2D eigenvalue weighted by Crippen LogP contribution is -2.29. The van der Waals surface area contributed by atoms with Crippen LogP contribution in [0.3, 0.4) is 0 Å². The molecule has 0 radical (unpaired) electrons. The van der Waals surface area contributed by atoms with Gasteiger partial charge in [-0.25, -0.2) is 4.79 Å². The van der Waals surface area contributed by atoms with Gasteiger partial charge in [-0.3, -0.25) is 19.4 Å². The minimum absolute atomic E-state index is 0.180. The Hall–Kier alpha value is -3.46. The maximum Gasteiger partial charge on any atom is 0.343 e. The molecule has 0 N–H and O–H groups in total. The molecule has 0 aromatic carbocycles. The Balaban J connectivity index is 1.61. The van der Waals surface area contributed by atoms with Crippen LogP contribution in [0, 0.1) is 13.8 Å². The molecule has 3 aromatic heterocycles. The molecule has 0 unspecified atom stereocenters. The maximum absolute atomic E-state index is 13.0. The van der Waals surface area contributed by atoms with Crippen LogP contribution in [0.5, 0.6) is 5.75 Å². The van der Waals surface area contributed by atoms with Gasteiger partial charge in [0.1, 0.15) is 17.9 Å². The van der Waals surface area contributed by atoms with E-state index in [9.17, 15) is 9.59 Å². The van der Waals surface area contributed by atoms with E-state index in [0.717, 1.165) is 24.3 Å². The second-order valence-corrected chi connectivity index (χ2v) is 8.45. The van der Waals surface area contributed by atoms with E-state index < -0.39 is 5.97 Å². The third kappa shape index (κ3) is 4.75. The molecule has 9 heteroatoms. The Kier molecular flexibility index (Phi) is 7.12. The van der Waals surface area contributed by atoms with Crippen molar-refractivity contribution in [3.05, 3.63) is 74.7 Å². The summed E-state index contributed by atoms with van der Waals surface area (Å²) < 4.78 is 14.7. The van der Waals surface area contributed by atoms with Crippen LogP contribution in [0.15, 0.2) is 35.4 Å². The third-order valence-electron chi connectivity index (χ3n) is 6.43. The molecule has 3 aromatic rings. The van der Waals surface area contributed by atoms with Gasteiger partial charge in [0.2, 0.25) is 0 Å². The van der Waals surface area contributed by atoms with Gasteiger partial charge in [-0.05, 0) is 38.5 Å². The molecule has 1 aliphatic heterocycles. The molecule has 0 amide bonds. The summed E-state index contributed by atoms with van der Waals surface area (Å²) in [4.78, 5) is 32.1. The van der Waals surface area contributed by atoms with E-state index in [1.54, 1.807) is 17.0 Å². The van der Waals surface area contributed by atoms with Crippen LogP contribution >= 0.6 is 0 Å². The fourth-order valence-corrected chi connectivity index (χ4v) is 4.52. The minimum Gasteiger partial charge on any atom is -0.488 e. The molecule has 0 spiro atoms. The number of rotatable bonds is 7. The van der Waals surface area contributed by atoms with Gasteiger partial charge in [0, 0.05) is 74.6 Å². The van der Waals surface area contributed by atoms with Gasteiger partial charge in [-0.2, -0.15) is 5.10 Å². The Bertz CT molecular complexity index is 1230. The zero-order valence-corrected chi connectivity index (χ0v) is 20.2. The molecule has 0 bridgehead atoms. The first-order valence-electron chi connectivity index (χ1n) is 11.5. The molecule has 0 fully saturated rings. The highest BCUT2D eigenvalue weighted by atomic mass is 16.5. The molecular formula is C25H31N5O4. The summed E-state index contributed by atoms with van der Waals surface area (Å²) in [6.45, 7) is 9.90. The van der Waals surface area contributed by atoms with Crippen molar-refractivity contribution >= 4 is 5.97 Å². The summed E-state index contributed by atoms with van der Waals surface area (Å²) in [5, 5.41) is 4.63. The number of methoxy groups -OCH3 is 1. The Morgan fingerprint density at radius 1 is 1.15 bits per heavy atom. The molecule has 0 atom stereocenters. The van der Waals surface area contributed by atoms with Gasteiger partial charge < -0.3 is 14.0 Å². The quantitative estimate of drug-likeness (QED) is 0.495. The third-order valence-corrected chi connectivity index (χ3v) is 6.43. The van der Waals surface area contributed by atoms with Crippen LogP contribution in [0.1, 0.15) is 45.5 Å². The number of aromatic nitrogens is 4. The number of carbonyl (C=O) groups excluding carboxylic acids is 1. The summed E-state index contributed by atoms with van der Waals surface area (Å²) >= 11 is 0. The highest BCUT2D eigenvalue weighted by molar-refractivity contribution is 5.93. The summed E-state index contributed by atoms with van der Waals surface area (Å²) in [5.41, 5.74) is 5.11. The molecule has 180 valence electrons. The smallest absolute Gasteiger partial charge is 0.343 e. The summed E-state index contributed by atoms with van der Waals surface area (Å²) in [5.74, 6) is -0.248. The molecule has 4 heterocycles. The van der Waals surface area contributed by atoms with Crippen LogP contribution in [0.4, 0.5) is 0 Å². The van der Waals surface area contributed by atoms with Crippen molar-refractivity contribution in [1.29, 1.82) is 0 Å². The number of hydrogen-bond acceptors (Lipinski definition) is 7. The zero-order valence-electron chi connectivity index (χ0n) is 20.2. The number of carbonyl (C=O) groups is 1. The maximum atomic E-state index is 13.0. The SMILES string of the molecule is CCn1nc(C)c(CN2CCc3c(C(=O)OC)c(OCc4ccncc4)cc(=O)n3CC2)c1C. The van der Waals surface area contributed by atoms with Gasteiger partial charge in [-0.1, -0.05) is 0 Å². The molecule has 34 heavy (non-hydrogen) atoms. The number of fused-ring (bicyclic) bond motifs is 1. The van der Waals surface area contributed by atoms with Gasteiger partial charge in [0.25, 0.3) is 5.56 Å². The second-order valence-electron chi connectivity index (χ2n) is 8.45. The average molecular weight is 466 g/mol. The first-order valence-corrected chi connectivity index (χ1v) is 11.5. The highest BCUT2D eigenvalue weighted by Gasteiger charge is 2.27. The molecular weight excluding hydrogens is 434 g/mol. The predicted molar refractivity (Wildman–Crippen MR) is 127 cm³/mol. The van der Waals surface area contributed by atoms with E-state index in [1.807, 2.05) is 23.7 Å². The fourth-order valence-electron chi connectivity index (χ4n) is 4.52. The second kappa shape index (κ2) is 10.2. The van der Waals surface area contributed by atoms with Crippen molar-refractivity contribution in [2.45, 2.75) is 53.4 Å². The zero-order chi connectivity index (χ0) is 24.2. The summed E-state index contributed by atoms with van der Waals surface area (Å²) in [7, 11) is 1.34. The van der Waals surface area contributed by atoms with Gasteiger partial charge in [0.05, 0.1) is 12.8 Å². The van der Waals surface area contributed by atoms with E-state index in [-0.39, 0.29) is 17.9 Å². The lowest BCUT2D eigenvalue weighted by Gasteiger charge is -2.19. The van der Waals surface area contributed by atoms with Crippen molar-refractivity contribution in [3.8, 4) is 5.75 Å². The van der Waals surface area contributed by atoms with E-state index in [1.165, 1.54) is 24.4 Å². The van der Waals surface area contributed by atoms with Gasteiger partial charge in [0.15, 0.2) is 0 Å². The first kappa shape index (κ1) is 23.7. The van der Waals surface area contributed by atoms with Crippen molar-refractivity contribution in [2.24, 2.45) is 0 Å². The number of nitrogens with zero attached hydrogens (tertiary/aromatic N) is 5. The van der Waals surface area contributed by atoms with Crippen LogP contribution in [-0.4, -0.2) is 50.4 Å². The van der Waals surface area contributed by atoms with Gasteiger partial charge >= 0.3 is 5.97 Å². The predicted octanol–water partition coefficient (Wildman–Crippen LogP) is 2.50. The number of esters is 1. The summed E-state index contributed by atoms with van der Waals surface area (Å²) in [6, 6.07) is 5.06. The van der Waals surface area contributed by atoms with Crippen LogP contribution in [-0.2, 0) is 37.4 Å². The Morgan fingerprint density at radius 3 is 2.59 bits per heavy atom. The number of aryl methyl sites for hydroxylation is 2. The van der Waals surface area contributed by atoms with Crippen molar-refractivity contribution in [2.75, 3.05) is 20.2 Å². The first-order chi connectivity index (χ1) is 16.4. The lowest BCUT2D eigenvalue weighted by atomic mass is 10.1. The topological polar surface area (TPSA) is 91.5 Å². The van der Waals surface area contributed by atoms with E-state index in [2.05, 4.69) is 28.8 Å². The van der Waals surface area contributed by atoms with Crippen molar-refractivity contribution in [1.82, 2.24) is 24.2 Å². The molecule has 0 saturated carbocycles. The number of hydrogen-bond donors (Lipinski definition) is 0.